The first-order valence-electron chi connectivity index (χ1n) is 17.4. The molecule has 0 unspecified atom stereocenters. The van der Waals surface area contributed by atoms with E-state index in [2.05, 4.69) is 0 Å². The summed E-state index contributed by atoms with van der Waals surface area (Å²) in [6.45, 7) is 5.62. The number of nitrogens with zero attached hydrogens (tertiary/aromatic N) is 3. The third kappa shape index (κ3) is 6.17. The lowest BCUT2D eigenvalue weighted by atomic mass is 9.70. The Morgan fingerprint density at radius 3 is 2.27 bits per heavy atom. The van der Waals surface area contributed by atoms with Crippen molar-refractivity contribution >= 4 is 34.8 Å². The van der Waals surface area contributed by atoms with Crippen molar-refractivity contribution in [3.63, 3.8) is 0 Å². The number of amides is 3. The number of benzene rings is 4. The average molecular weight is 690 g/mol. The van der Waals surface area contributed by atoms with Crippen LogP contribution in [0.1, 0.15) is 43.9 Å². The fourth-order valence-corrected chi connectivity index (χ4v) is 8.23. The number of fused-ring (bicyclic) bond motifs is 3. The second kappa shape index (κ2) is 13.6. The Balaban J connectivity index is 1.31. The molecule has 1 fully saturated rings. The van der Waals surface area contributed by atoms with Gasteiger partial charge in [-0.15, -0.1) is 0 Å². The molecule has 4 atom stereocenters. The number of hydrogen-bond donors (Lipinski definition) is 2. The molecule has 264 valence electrons. The largest absolute Gasteiger partial charge is 0.482 e. The fraction of sp³-hybridized carbons (Fsp3) is 0.341. The quantitative estimate of drug-likeness (QED) is 0.231. The second-order valence-corrected chi connectivity index (χ2v) is 14.2. The van der Waals surface area contributed by atoms with E-state index in [1.165, 1.54) is 0 Å². The van der Waals surface area contributed by atoms with Crippen LogP contribution in [0.25, 0.3) is 0 Å². The first kappa shape index (κ1) is 34.4. The van der Waals surface area contributed by atoms with Crippen molar-refractivity contribution in [1.82, 2.24) is 4.90 Å². The van der Waals surface area contributed by atoms with E-state index >= 15 is 4.79 Å². The lowest BCUT2D eigenvalue weighted by molar-refractivity contribution is -0.150. The Bertz CT molecular complexity index is 1930. The van der Waals surface area contributed by atoms with Gasteiger partial charge in [0.15, 0.2) is 12.2 Å². The number of ether oxygens (including phenoxy) is 2. The zero-order valence-corrected chi connectivity index (χ0v) is 29.1. The number of carbonyl (C=O) groups excluding carboxylic acids is 3. The highest BCUT2D eigenvalue weighted by molar-refractivity contribution is 6.09. The van der Waals surface area contributed by atoms with E-state index in [4.69, 9.17) is 9.47 Å². The molecule has 7 rings (SSSR count). The smallest absolute Gasteiger partial charge is 0.269 e. The van der Waals surface area contributed by atoms with Gasteiger partial charge in [0.2, 0.25) is 5.91 Å². The Morgan fingerprint density at radius 1 is 0.922 bits per heavy atom. The fourth-order valence-electron chi connectivity index (χ4n) is 8.23. The van der Waals surface area contributed by atoms with E-state index in [0.29, 0.717) is 34.9 Å². The molecule has 3 heterocycles. The molecule has 0 aromatic heterocycles. The van der Waals surface area contributed by atoms with Crippen LogP contribution in [0.15, 0.2) is 103 Å². The maximum absolute atomic E-state index is 15.0. The molecule has 1 spiro atoms. The van der Waals surface area contributed by atoms with Crippen LogP contribution in [0, 0.1) is 11.8 Å². The average Bonchev–Trinajstić information content (AvgIpc) is 3.54. The van der Waals surface area contributed by atoms with Crippen LogP contribution in [0.3, 0.4) is 0 Å². The summed E-state index contributed by atoms with van der Waals surface area (Å²) in [7, 11) is 0. The van der Waals surface area contributed by atoms with E-state index in [9.17, 15) is 19.8 Å². The number of anilines is 3. The maximum atomic E-state index is 15.0. The van der Waals surface area contributed by atoms with Gasteiger partial charge in [-0.1, -0.05) is 79.7 Å². The molecule has 3 aliphatic rings. The van der Waals surface area contributed by atoms with Crippen molar-refractivity contribution in [3.8, 4) is 5.75 Å². The van der Waals surface area contributed by atoms with Gasteiger partial charge in [-0.3, -0.25) is 19.3 Å². The summed E-state index contributed by atoms with van der Waals surface area (Å²) in [6, 6.07) is 32.0. The maximum Gasteiger partial charge on any atom is 0.269 e. The molecule has 4 aromatic rings. The van der Waals surface area contributed by atoms with Gasteiger partial charge in [0.05, 0.1) is 42.7 Å². The van der Waals surface area contributed by atoms with Crippen molar-refractivity contribution in [1.29, 1.82) is 0 Å². The van der Waals surface area contributed by atoms with Crippen molar-refractivity contribution in [2.75, 3.05) is 29.6 Å². The normalized spacial score (nSPS) is 22.6. The van der Waals surface area contributed by atoms with Crippen LogP contribution < -0.4 is 14.5 Å². The summed E-state index contributed by atoms with van der Waals surface area (Å²) in [5.74, 6) is -1.44. The number of aliphatic hydroxyl groups excluding tert-OH is 1. The van der Waals surface area contributed by atoms with E-state index in [1.54, 1.807) is 28.5 Å². The Hall–Kier alpha value is -5.03. The minimum absolute atomic E-state index is 0.107. The topological polar surface area (TPSA) is 120 Å². The van der Waals surface area contributed by atoms with Gasteiger partial charge >= 0.3 is 0 Å². The lowest BCUT2D eigenvalue weighted by Crippen LogP contribution is -2.46. The Morgan fingerprint density at radius 2 is 1.59 bits per heavy atom. The number of carbonyl (C=O) groups is 3. The predicted octanol–water partition coefficient (Wildman–Crippen LogP) is 5.32. The molecular weight excluding hydrogens is 646 g/mol. The van der Waals surface area contributed by atoms with Gasteiger partial charge in [-0.2, -0.15) is 0 Å². The Kier molecular flexibility index (Phi) is 9.18. The first-order chi connectivity index (χ1) is 24.5. The van der Waals surface area contributed by atoms with Crippen molar-refractivity contribution < 1.29 is 34.1 Å². The lowest BCUT2D eigenvalue weighted by Gasteiger charge is -2.34. The molecule has 1 saturated heterocycles. The van der Waals surface area contributed by atoms with Crippen LogP contribution in [0.4, 0.5) is 17.1 Å². The van der Waals surface area contributed by atoms with Gasteiger partial charge in [-0.25, -0.2) is 0 Å². The van der Waals surface area contributed by atoms with Crippen molar-refractivity contribution in [3.05, 3.63) is 120 Å². The molecule has 0 aliphatic carbocycles. The van der Waals surface area contributed by atoms with Gasteiger partial charge in [0.1, 0.15) is 5.75 Å². The van der Waals surface area contributed by atoms with Crippen LogP contribution in [0.2, 0.25) is 0 Å². The molecule has 3 amide bonds. The van der Waals surface area contributed by atoms with Crippen LogP contribution >= 0.6 is 0 Å². The van der Waals surface area contributed by atoms with Crippen LogP contribution in [-0.4, -0.2) is 64.3 Å². The van der Waals surface area contributed by atoms with Gasteiger partial charge in [-0.05, 0) is 55.3 Å². The molecule has 0 bridgehead atoms. The molecule has 0 radical (unpaired) electrons. The molecule has 3 aliphatic heterocycles. The minimum Gasteiger partial charge on any atom is -0.482 e. The number of aliphatic hydroxyl groups is 2. The zero-order valence-electron chi connectivity index (χ0n) is 29.1. The van der Waals surface area contributed by atoms with Crippen molar-refractivity contribution in [2.45, 2.75) is 57.6 Å². The summed E-state index contributed by atoms with van der Waals surface area (Å²) in [6.07, 6.45) is -0.948. The molecule has 2 N–H and O–H groups in total. The SMILES string of the molecule is C[C@@H]1[C@@H](C(C)(C)O)[C@H](CC(=O)N(CCO)Cc2ccccc2)O[C@@]12C(=O)N(Cc1ccccc1)c1ccc(N3C(=O)COc4ccccc43)cc12. The third-order valence-electron chi connectivity index (χ3n) is 10.4. The van der Waals surface area contributed by atoms with Crippen LogP contribution in [0.5, 0.6) is 5.75 Å². The summed E-state index contributed by atoms with van der Waals surface area (Å²) in [5, 5.41) is 21.6. The summed E-state index contributed by atoms with van der Waals surface area (Å²) in [5.41, 5.74) is 1.30. The highest BCUT2D eigenvalue weighted by Crippen LogP contribution is 2.59. The summed E-state index contributed by atoms with van der Waals surface area (Å²) >= 11 is 0. The van der Waals surface area contributed by atoms with Gasteiger partial charge in [0.25, 0.3) is 11.8 Å². The summed E-state index contributed by atoms with van der Waals surface area (Å²) < 4.78 is 12.7. The monoisotopic (exact) mass is 689 g/mol. The first-order valence-corrected chi connectivity index (χ1v) is 17.4. The van der Waals surface area contributed by atoms with E-state index in [-0.39, 0.29) is 50.4 Å². The van der Waals surface area contributed by atoms with E-state index in [0.717, 1.165) is 11.1 Å². The molecule has 0 saturated carbocycles. The number of rotatable bonds is 10. The highest BCUT2D eigenvalue weighted by atomic mass is 16.5. The van der Waals surface area contributed by atoms with E-state index < -0.39 is 29.1 Å². The minimum atomic E-state index is -1.56. The Labute approximate surface area is 297 Å². The highest BCUT2D eigenvalue weighted by Gasteiger charge is 2.66. The second-order valence-electron chi connectivity index (χ2n) is 14.2. The van der Waals surface area contributed by atoms with Crippen LogP contribution in [-0.2, 0) is 37.8 Å². The van der Waals surface area contributed by atoms with Gasteiger partial charge < -0.3 is 29.5 Å². The predicted molar refractivity (Wildman–Crippen MR) is 192 cm³/mol. The van der Waals surface area contributed by atoms with E-state index in [1.807, 2.05) is 110 Å². The third-order valence-corrected chi connectivity index (χ3v) is 10.4. The molecule has 4 aromatic carbocycles. The number of hydrogen-bond acceptors (Lipinski definition) is 7. The standard InChI is InChI=1S/C41H43N3O7/c1-27-38(40(2,3)49)35(23-36(46)42(20-21-45)24-28-12-6-4-7-13-28)51-41(27)31-22-30(44-33-16-10-11-17-34(33)50-26-37(44)47)18-19-32(31)43(39(41)48)25-29-14-8-5-9-15-29/h4-19,22,27,35,38,45,49H,20-21,23-26H2,1-3H3/t27-,35+,38-,41+/m1/s1. The molecule has 10 heteroatoms. The zero-order chi connectivity index (χ0) is 35.9. The summed E-state index contributed by atoms with van der Waals surface area (Å²) in [4.78, 5) is 47.3. The molecular formula is C41H43N3O7. The molecule has 51 heavy (non-hydrogen) atoms. The number of para-hydroxylation sites is 2. The molecule has 10 nitrogen and oxygen atoms in total. The van der Waals surface area contributed by atoms with Gasteiger partial charge in [0, 0.05) is 36.2 Å². The van der Waals surface area contributed by atoms with Crippen molar-refractivity contribution in [2.24, 2.45) is 11.8 Å².